The highest BCUT2D eigenvalue weighted by Gasteiger charge is 2.31. The van der Waals surface area contributed by atoms with Crippen LogP contribution in [0.5, 0.6) is 0 Å². The molecule has 0 aromatic carbocycles. The molecule has 68 valence electrons. The van der Waals surface area contributed by atoms with Crippen LogP contribution in [-0.4, -0.2) is 11.8 Å². The summed E-state index contributed by atoms with van der Waals surface area (Å²) in [6.45, 7) is 6.16. The van der Waals surface area contributed by atoms with Gasteiger partial charge in [-0.2, -0.15) is 0 Å². The highest BCUT2D eigenvalue weighted by Crippen LogP contribution is 2.32. The van der Waals surface area contributed by atoms with Crippen LogP contribution in [0.15, 0.2) is 12.2 Å². The molecular formula is C10H17NO. The van der Waals surface area contributed by atoms with E-state index in [4.69, 9.17) is 5.73 Å². The maximum Gasteiger partial charge on any atom is 0.160 e. The monoisotopic (exact) mass is 167 g/mol. The van der Waals surface area contributed by atoms with Gasteiger partial charge in [0.15, 0.2) is 5.78 Å². The summed E-state index contributed by atoms with van der Waals surface area (Å²) >= 11 is 0. The average molecular weight is 167 g/mol. The van der Waals surface area contributed by atoms with E-state index in [2.05, 4.69) is 13.8 Å². The van der Waals surface area contributed by atoms with Gasteiger partial charge in [-0.25, -0.2) is 0 Å². The fraction of sp³-hybridized carbons (Fsp3) is 0.700. The third-order valence-electron chi connectivity index (χ3n) is 2.44. The molecule has 0 spiro atoms. The van der Waals surface area contributed by atoms with E-state index in [-0.39, 0.29) is 23.2 Å². The Morgan fingerprint density at radius 2 is 2.25 bits per heavy atom. The molecule has 0 radical (unpaired) electrons. The van der Waals surface area contributed by atoms with Gasteiger partial charge in [-0.15, -0.1) is 0 Å². The van der Waals surface area contributed by atoms with Gasteiger partial charge in [0.05, 0.1) is 0 Å². The summed E-state index contributed by atoms with van der Waals surface area (Å²) in [5.41, 5.74) is 5.86. The summed E-state index contributed by atoms with van der Waals surface area (Å²) in [5.74, 6) is 0.203. The third-order valence-corrected chi connectivity index (χ3v) is 2.44. The van der Waals surface area contributed by atoms with Crippen LogP contribution in [0.4, 0.5) is 0 Å². The van der Waals surface area contributed by atoms with Gasteiger partial charge in [0.1, 0.15) is 0 Å². The van der Waals surface area contributed by atoms with E-state index in [9.17, 15) is 4.79 Å². The Morgan fingerprint density at radius 1 is 1.67 bits per heavy atom. The maximum absolute atomic E-state index is 11.4. The summed E-state index contributed by atoms with van der Waals surface area (Å²) in [5, 5.41) is 0. The second kappa shape index (κ2) is 3.02. The van der Waals surface area contributed by atoms with Crippen molar-refractivity contribution in [2.75, 3.05) is 0 Å². The van der Waals surface area contributed by atoms with E-state index >= 15 is 0 Å². The van der Waals surface area contributed by atoms with Gasteiger partial charge in [0.2, 0.25) is 0 Å². The zero-order valence-corrected chi connectivity index (χ0v) is 8.00. The molecule has 0 amide bonds. The number of carbonyl (C=O) groups excluding carboxylic acids is 1. The lowest BCUT2D eigenvalue weighted by Gasteiger charge is -2.31. The molecule has 0 saturated carbocycles. The predicted molar refractivity (Wildman–Crippen MR) is 49.7 cm³/mol. The predicted octanol–water partition coefficient (Wildman–Crippen LogP) is 1.51. The van der Waals surface area contributed by atoms with Crippen molar-refractivity contribution < 1.29 is 4.79 Å². The zero-order chi connectivity index (χ0) is 9.35. The lowest BCUT2D eigenvalue weighted by molar-refractivity contribution is -0.120. The van der Waals surface area contributed by atoms with Gasteiger partial charge in [0.25, 0.3) is 0 Å². The number of hydrogen-bond donors (Lipinski definition) is 1. The van der Waals surface area contributed by atoms with Crippen LogP contribution in [0.2, 0.25) is 0 Å². The van der Waals surface area contributed by atoms with Crippen LogP contribution < -0.4 is 5.73 Å². The van der Waals surface area contributed by atoms with Crippen molar-refractivity contribution in [1.29, 1.82) is 0 Å². The molecular weight excluding hydrogens is 150 g/mol. The fourth-order valence-electron chi connectivity index (χ4n) is 1.61. The number of hydrogen-bond acceptors (Lipinski definition) is 2. The average Bonchev–Trinajstić information content (AvgIpc) is 1.94. The summed E-state index contributed by atoms with van der Waals surface area (Å²) in [6, 6.07) is -0.0262. The molecule has 0 aromatic rings. The van der Waals surface area contributed by atoms with Crippen LogP contribution in [-0.2, 0) is 4.79 Å². The summed E-state index contributed by atoms with van der Waals surface area (Å²) in [4.78, 5) is 11.4. The molecule has 2 nitrogen and oxygen atoms in total. The summed E-state index contributed by atoms with van der Waals surface area (Å²) in [7, 11) is 0. The van der Waals surface area contributed by atoms with E-state index in [0.29, 0.717) is 0 Å². The van der Waals surface area contributed by atoms with Gasteiger partial charge < -0.3 is 5.73 Å². The van der Waals surface area contributed by atoms with E-state index < -0.39 is 0 Å². The van der Waals surface area contributed by atoms with E-state index in [1.165, 1.54) is 0 Å². The Labute approximate surface area is 73.8 Å². The van der Waals surface area contributed by atoms with Crippen LogP contribution in [0.25, 0.3) is 0 Å². The van der Waals surface area contributed by atoms with E-state index in [1.807, 2.05) is 13.0 Å². The van der Waals surface area contributed by atoms with Gasteiger partial charge in [-0.1, -0.05) is 19.9 Å². The number of rotatable bonds is 1. The molecule has 0 heterocycles. The summed E-state index contributed by atoms with van der Waals surface area (Å²) in [6.07, 6.45) is 4.53. The highest BCUT2D eigenvalue weighted by molar-refractivity contribution is 5.93. The Hall–Kier alpha value is -0.630. The first-order valence-electron chi connectivity index (χ1n) is 4.41. The molecule has 0 bridgehead atoms. The van der Waals surface area contributed by atoms with E-state index in [0.717, 1.165) is 6.42 Å². The van der Waals surface area contributed by atoms with Crippen molar-refractivity contribution in [3.05, 3.63) is 12.2 Å². The first-order valence-corrected chi connectivity index (χ1v) is 4.41. The molecule has 0 fully saturated rings. The largest absolute Gasteiger partial charge is 0.327 e. The quantitative estimate of drug-likeness (QED) is 0.643. The van der Waals surface area contributed by atoms with Crippen LogP contribution in [0.1, 0.15) is 27.2 Å². The van der Waals surface area contributed by atoms with Crippen molar-refractivity contribution in [3.63, 3.8) is 0 Å². The second-order valence-electron chi connectivity index (χ2n) is 4.39. The number of nitrogens with two attached hydrogens (primary N) is 1. The maximum atomic E-state index is 11.4. The van der Waals surface area contributed by atoms with Gasteiger partial charge >= 0.3 is 0 Å². The standard InChI is InChI=1S/C10H17NO/c1-7(11)8-6-10(2,3)5-4-9(8)12/h4-5,7-8H,6,11H2,1-3H3. The SMILES string of the molecule is CC(N)C1CC(C)(C)C=CC1=O. The van der Waals surface area contributed by atoms with Crippen LogP contribution in [0, 0.1) is 11.3 Å². The van der Waals surface area contributed by atoms with E-state index in [1.54, 1.807) is 6.08 Å². The molecule has 2 unspecified atom stereocenters. The molecule has 0 aromatic heterocycles. The molecule has 0 saturated heterocycles. The van der Waals surface area contributed by atoms with Crippen molar-refractivity contribution in [1.82, 2.24) is 0 Å². The molecule has 2 N–H and O–H groups in total. The van der Waals surface area contributed by atoms with Crippen molar-refractivity contribution in [3.8, 4) is 0 Å². The number of allylic oxidation sites excluding steroid dienone is 2. The van der Waals surface area contributed by atoms with Crippen molar-refractivity contribution >= 4 is 5.78 Å². The molecule has 0 aliphatic heterocycles. The molecule has 1 rings (SSSR count). The Kier molecular flexibility index (Phi) is 2.38. The molecule has 2 atom stereocenters. The van der Waals surface area contributed by atoms with Crippen LogP contribution in [0.3, 0.4) is 0 Å². The molecule has 1 aliphatic carbocycles. The molecule has 2 heteroatoms. The lowest BCUT2D eigenvalue weighted by Crippen LogP contribution is -2.37. The fourth-order valence-corrected chi connectivity index (χ4v) is 1.61. The lowest BCUT2D eigenvalue weighted by atomic mass is 9.74. The zero-order valence-electron chi connectivity index (χ0n) is 8.00. The minimum atomic E-state index is -0.0262. The van der Waals surface area contributed by atoms with Gasteiger partial charge in [0, 0.05) is 12.0 Å². The minimum absolute atomic E-state index is 0.0185. The third kappa shape index (κ3) is 1.95. The van der Waals surface area contributed by atoms with Crippen molar-refractivity contribution in [2.24, 2.45) is 17.1 Å². The minimum Gasteiger partial charge on any atom is -0.327 e. The van der Waals surface area contributed by atoms with Gasteiger partial charge in [-0.3, -0.25) is 4.79 Å². The number of carbonyl (C=O) groups is 1. The first-order chi connectivity index (χ1) is 5.42. The topological polar surface area (TPSA) is 43.1 Å². The summed E-state index contributed by atoms with van der Waals surface area (Å²) < 4.78 is 0. The van der Waals surface area contributed by atoms with Crippen LogP contribution >= 0.6 is 0 Å². The normalized spacial score (nSPS) is 30.3. The highest BCUT2D eigenvalue weighted by atomic mass is 16.1. The second-order valence-corrected chi connectivity index (χ2v) is 4.39. The first kappa shape index (κ1) is 9.46. The van der Waals surface area contributed by atoms with Gasteiger partial charge in [-0.05, 0) is 24.8 Å². The molecule has 1 aliphatic rings. The van der Waals surface area contributed by atoms with Crippen molar-refractivity contribution in [2.45, 2.75) is 33.2 Å². The molecule has 12 heavy (non-hydrogen) atoms. The number of ketones is 1. The Bertz CT molecular complexity index is 216. The Balaban J connectivity index is 2.81. The smallest absolute Gasteiger partial charge is 0.160 e. The Morgan fingerprint density at radius 3 is 2.67 bits per heavy atom.